The molecule has 0 atom stereocenters. The van der Waals surface area contributed by atoms with Crippen molar-refractivity contribution in [3.05, 3.63) is 47.3 Å². The van der Waals surface area contributed by atoms with Crippen LogP contribution in [0.15, 0.2) is 30.3 Å². The fourth-order valence-electron chi connectivity index (χ4n) is 2.76. The van der Waals surface area contributed by atoms with E-state index in [4.69, 9.17) is 5.11 Å². The summed E-state index contributed by atoms with van der Waals surface area (Å²) in [4.78, 5) is 15.6. The Kier molecular flexibility index (Phi) is 4.11. The van der Waals surface area contributed by atoms with Gasteiger partial charge in [0.25, 0.3) is 0 Å². The Morgan fingerprint density at radius 2 is 2.12 bits per heavy atom. The number of carbonyl (C=O) groups is 1. The number of carboxylic acid groups (broad SMARTS) is 1. The van der Waals surface area contributed by atoms with Gasteiger partial charge >= 0.3 is 6.09 Å². The molecular weight excluding hydrogens is 318 g/mol. The number of nitriles is 1. The summed E-state index contributed by atoms with van der Waals surface area (Å²) in [6, 6.07) is 11.2. The average Bonchev–Trinajstić information content (AvgIpc) is 2.94. The molecule has 0 bridgehead atoms. The van der Waals surface area contributed by atoms with Gasteiger partial charge in [0, 0.05) is 0 Å². The highest BCUT2D eigenvalue weighted by molar-refractivity contribution is 5.99. The van der Waals surface area contributed by atoms with Gasteiger partial charge in [0.15, 0.2) is 5.65 Å². The fourth-order valence-corrected chi connectivity index (χ4v) is 2.76. The van der Waals surface area contributed by atoms with Gasteiger partial charge in [-0.2, -0.15) is 10.4 Å². The van der Waals surface area contributed by atoms with Gasteiger partial charge in [0.1, 0.15) is 11.8 Å². The molecule has 2 N–H and O–H groups in total. The predicted molar refractivity (Wildman–Crippen MR) is 94.1 cm³/mol. The molecule has 0 spiro atoms. The van der Waals surface area contributed by atoms with Crippen LogP contribution in [0.3, 0.4) is 0 Å². The second-order valence-electron chi connectivity index (χ2n) is 6.09. The highest BCUT2D eigenvalue weighted by Crippen LogP contribution is 2.32. The number of nitrogens with one attached hydrogen (secondary N) is 1. The molecule has 0 aliphatic heterocycles. The van der Waals surface area contributed by atoms with E-state index in [-0.39, 0.29) is 11.6 Å². The molecule has 7 heteroatoms. The first-order chi connectivity index (χ1) is 11.9. The van der Waals surface area contributed by atoms with Crippen molar-refractivity contribution >= 4 is 22.8 Å². The maximum absolute atomic E-state index is 11.2. The maximum Gasteiger partial charge on any atom is 0.409 e. The summed E-state index contributed by atoms with van der Waals surface area (Å²) in [6.45, 7) is 5.93. The number of benzene rings is 1. The van der Waals surface area contributed by atoms with Crippen LogP contribution in [0.5, 0.6) is 0 Å². The summed E-state index contributed by atoms with van der Waals surface area (Å²) in [6.07, 6.45) is -1.20. The minimum absolute atomic E-state index is 0.0534. The van der Waals surface area contributed by atoms with Gasteiger partial charge < -0.3 is 5.11 Å². The standard InChI is InChI=1S/C18H17N5O2/c1-10(2)16-15-14(21-18(24)25)8-12(9-19)20-17(15)23(22-16)13-6-4-5-11(3)7-13/h4-8,10H,1-3H3,(H,20,21)(H,24,25). The van der Waals surface area contributed by atoms with Gasteiger partial charge in [-0.05, 0) is 36.6 Å². The van der Waals surface area contributed by atoms with Gasteiger partial charge in [-0.15, -0.1) is 0 Å². The van der Waals surface area contributed by atoms with Gasteiger partial charge in [0.2, 0.25) is 0 Å². The number of fused-ring (bicyclic) bond motifs is 1. The quantitative estimate of drug-likeness (QED) is 0.757. The van der Waals surface area contributed by atoms with Crippen LogP contribution in [0.4, 0.5) is 10.5 Å². The first-order valence-corrected chi connectivity index (χ1v) is 7.81. The molecule has 1 aromatic carbocycles. The van der Waals surface area contributed by atoms with Crippen LogP contribution in [-0.4, -0.2) is 26.0 Å². The van der Waals surface area contributed by atoms with Crippen molar-refractivity contribution < 1.29 is 9.90 Å². The van der Waals surface area contributed by atoms with E-state index in [2.05, 4.69) is 15.4 Å². The van der Waals surface area contributed by atoms with E-state index in [1.807, 2.05) is 51.1 Å². The summed E-state index contributed by atoms with van der Waals surface area (Å²) >= 11 is 0. The van der Waals surface area contributed by atoms with Crippen molar-refractivity contribution in [2.75, 3.05) is 5.32 Å². The molecule has 3 rings (SSSR count). The summed E-state index contributed by atoms with van der Waals surface area (Å²) in [5.74, 6) is 0.0534. The van der Waals surface area contributed by atoms with E-state index in [9.17, 15) is 10.1 Å². The van der Waals surface area contributed by atoms with Crippen LogP contribution in [0.25, 0.3) is 16.7 Å². The fraction of sp³-hybridized carbons (Fsp3) is 0.222. The third-order valence-electron chi connectivity index (χ3n) is 3.81. The second-order valence-corrected chi connectivity index (χ2v) is 6.09. The molecule has 126 valence electrons. The molecule has 0 aliphatic rings. The number of nitrogens with zero attached hydrogens (tertiary/aromatic N) is 4. The molecule has 0 saturated carbocycles. The summed E-state index contributed by atoms with van der Waals surface area (Å²) in [5, 5.41) is 26.0. The number of pyridine rings is 1. The molecule has 1 amide bonds. The smallest absolute Gasteiger partial charge is 0.409 e. The molecule has 7 nitrogen and oxygen atoms in total. The van der Waals surface area contributed by atoms with E-state index >= 15 is 0 Å². The molecule has 3 aromatic rings. The molecule has 0 aliphatic carbocycles. The molecule has 0 fully saturated rings. The Morgan fingerprint density at radius 1 is 1.36 bits per heavy atom. The minimum atomic E-state index is -1.20. The third kappa shape index (κ3) is 3.02. The van der Waals surface area contributed by atoms with E-state index in [0.717, 1.165) is 16.9 Å². The van der Waals surface area contributed by atoms with E-state index < -0.39 is 6.09 Å². The molecule has 25 heavy (non-hydrogen) atoms. The van der Waals surface area contributed by atoms with Gasteiger partial charge in [-0.3, -0.25) is 5.32 Å². The topological polar surface area (TPSA) is 104 Å². The zero-order valence-electron chi connectivity index (χ0n) is 14.1. The Morgan fingerprint density at radius 3 is 2.72 bits per heavy atom. The monoisotopic (exact) mass is 335 g/mol. The van der Waals surface area contributed by atoms with Crippen LogP contribution < -0.4 is 5.32 Å². The first kappa shape index (κ1) is 16.5. The number of hydrogen-bond acceptors (Lipinski definition) is 4. The number of hydrogen-bond donors (Lipinski definition) is 2. The number of anilines is 1. The zero-order chi connectivity index (χ0) is 18.1. The van der Waals surface area contributed by atoms with Gasteiger partial charge in [0.05, 0.1) is 22.5 Å². The Hall–Kier alpha value is -3.40. The first-order valence-electron chi connectivity index (χ1n) is 7.81. The van der Waals surface area contributed by atoms with Gasteiger partial charge in [-0.25, -0.2) is 14.5 Å². The van der Waals surface area contributed by atoms with Crippen molar-refractivity contribution in [3.8, 4) is 11.8 Å². The SMILES string of the molecule is Cc1cccc(-n2nc(C(C)C)c3c(NC(=O)O)cc(C#N)nc32)c1. The Labute approximate surface area is 144 Å². The zero-order valence-corrected chi connectivity index (χ0v) is 14.1. The van der Waals surface area contributed by atoms with Crippen LogP contribution in [0, 0.1) is 18.3 Å². The second kappa shape index (κ2) is 6.24. The van der Waals surface area contributed by atoms with Crippen LogP contribution in [0.2, 0.25) is 0 Å². The van der Waals surface area contributed by atoms with Crippen molar-refractivity contribution in [2.45, 2.75) is 26.7 Å². The highest BCUT2D eigenvalue weighted by Gasteiger charge is 2.21. The number of amides is 1. The van der Waals surface area contributed by atoms with Crippen molar-refractivity contribution in [2.24, 2.45) is 0 Å². The predicted octanol–water partition coefficient (Wildman–Crippen LogP) is 3.81. The minimum Gasteiger partial charge on any atom is -0.465 e. The third-order valence-corrected chi connectivity index (χ3v) is 3.81. The van der Waals surface area contributed by atoms with Crippen LogP contribution >= 0.6 is 0 Å². The van der Waals surface area contributed by atoms with Gasteiger partial charge in [-0.1, -0.05) is 26.0 Å². The van der Waals surface area contributed by atoms with Crippen molar-refractivity contribution in [1.29, 1.82) is 5.26 Å². The largest absolute Gasteiger partial charge is 0.465 e. The van der Waals surface area contributed by atoms with Crippen LogP contribution in [0.1, 0.15) is 36.7 Å². The summed E-state index contributed by atoms with van der Waals surface area (Å²) in [5.41, 5.74) is 3.49. The van der Waals surface area contributed by atoms with E-state index in [1.54, 1.807) is 4.68 Å². The molecule has 2 aromatic heterocycles. The van der Waals surface area contributed by atoms with E-state index in [1.165, 1.54) is 6.07 Å². The lowest BCUT2D eigenvalue weighted by Gasteiger charge is -2.07. The van der Waals surface area contributed by atoms with E-state index in [0.29, 0.717) is 16.7 Å². The lowest BCUT2D eigenvalue weighted by Crippen LogP contribution is -2.09. The lowest BCUT2D eigenvalue weighted by molar-refractivity contribution is 0.210. The van der Waals surface area contributed by atoms with Crippen LogP contribution in [-0.2, 0) is 0 Å². The molecule has 0 saturated heterocycles. The van der Waals surface area contributed by atoms with Crippen molar-refractivity contribution in [1.82, 2.24) is 14.8 Å². The molecular formula is C18H17N5O2. The molecule has 0 unspecified atom stereocenters. The van der Waals surface area contributed by atoms with Crippen molar-refractivity contribution in [3.63, 3.8) is 0 Å². The Bertz CT molecular complexity index is 1010. The summed E-state index contributed by atoms with van der Waals surface area (Å²) in [7, 11) is 0. The molecule has 0 radical (unpaired) electrons. The number of aromatic nitrogens is 3. The maximum atomic E-state index is 11.2. The normalized spacial score (nSPS) is 10.8. The number of aryl methyl sites for hydroxylation is 1. The highest BCUT2D eigenvalue weighted by atomic mass is 16.4. The lowest BCUT2D eigenvalue weighted by atomic mass is 10.1. The number of rotatable bonds is 3. The summed E-state index contributed by atoms with van der Waals surface area (Å²) < 4.78 is 1.66. The molecule has 2 heterocycles. The average molecular weight is 335 g/mol. The Balaban J connectivity index is 2.39.